The highest BCUT2D eigenvalue weighted by Gasteiger charge is 2.24. The number of nitrogens with zero attached hydrogens (tertiary/aromatic N) is 1. The third kappa shape index (κ3) is 4.24. The molecule has 0 aromatic carbocycles. The number of aliphatic hydroxyl groups excluding tert-OH is 1. The fourth-order valence-corrected chi connectivity index (χ4v) is 2.97. The van der Waals surface area contributed by atoms with Crippen LogP contribution in [0.25, 0.3) is 0 Å². The molecular formula is C13H23NOS. The molecule has 16 heavy (non-hydrogen) atoms. The van der Waals surface area contributed by atoms with Crippen molar-refractivity contribution in [3.63, 3.8) is 0 Å². The number of rotatable bonds is 7. The van der Waals surface area contributed by atoms with Gasteiger partial charge in [-0.2, -0.15) is 0 Å². The van der Waals surface area contributed by atoms with Gasteiger partial charge in [0.1, 0.15) is 0 Å². The third-order valence-electron chi connectivity index (χ3n) is 2.89. The molecule has 1 aromatic rings. The molecule has 0 fully saturated rings. The Kier molecular flexibility index (Phi) is 5.46. The molecule has 0 aliphatic heterocycles. The number of aliphatic hydroxyl groups is 1. The van der Waals surface area contributed by atoms with E-state index in [-0.39, 0.29) is 12.0 Å². The second-order valence-corrected chi connectivity index (χ2v) is 6.00. The predicted molar refractivity (Wildman–Crippen MR) is 70.8 cm³/mol. The summed E-state index contributed by atoms with van der Waals surface area (Å²) in [6, 6.07) is 4.25. The van der Waals surface area contributed by atoms with E-state index >= 15 is 0 Å². The Morgan fingerprint density at radius 3 is 2.75 bits per heavy atom. The summed E-state index contributed by atoms with van der Waals surface area (Å²) >= 11 is 1.79. The lowest BCUT2D eigenvalue weighted by Crippen LogP contribution is -2.35. The minimum atomic E-state index is 0.0424. The van der Waals surface area contributed by atoms with Crippen molar-refractivity contribution < 1.29 is 5.11 Å². The zero-order valence-corrected chi connectivity index (χ0v) is 11.4. The van der Waals surface area contributed by atoms with E-state index in [4.69, 9.17) is 0 Å². The zero-order valence-electron chi connectivity index (χ0n) is 10.6. The first-order chi connectivity index (χ1) is 7.59. The second-order valence-electron chi connectivity index (χ2n) is 4.97. The summed E-state index contributed by atoms with van der Waals surface area (Å²) in [6.07, 6.45) is 2.21. The minimum absolute atomic E-state index is 0.0424. The largest absolute Gasteiger partial charge is 0.396 e. The first-order valence-electron chi connectivity index (χ1n) is 5.91. The van der Waals surface area contributed by atoms with Gasteiger partial charge in [-0.05, 0) is 24.9 Å². The average molecular weight is 241 g/mol. The van der Waals surface area contributed by atoms with Crippen molar-refractivity contribution in [2.24, 2.45) is 5.41 Å². The van der Waals surface area contributed by atoms with Crippen LogP contribution in [0, 0.1) is 5.41 Å². The summed E-state index contributed by atoms with van der Waals surface area (Å²) in [5.41, 5.74) is 0.0424. The van der Waals surface area contributed by atoms with E-state index in [2.05, 4.69) is 43.3 Å². The zero-order chi connectivity index (χ0) is 12.0. The van der Waals surface area contributed by atoms with Gasteiger partial charge in [-0.1, -0.05) is 26.3 Å². The van der Waals surface area contributed by atoms with Gasteiger partial charge in [0.2, 0.25) is 0 Å². The van der Waals surface area contributed by atoms with E-state index in [0.29, 0.717) is 0 Å². The van der Waals surface area contributed by atoms with E-state index in [1.807, 2.05) is 0 Å². The van der Waals surface area contributed by atoms with Gasteiger partial charge < -0.3 is 10.0 Å². The van der Waals surface area contributed by atoms with Crippen LogP contribution in [0.4, 0.5) is 0 Å². The molecule has 1 rings (SSSR count). The van der Waals surface area contributed by atoms with Crippen LogP contribution in [0.3, 0.4) is 0 Å². The van der Waals surface area contributed by atoms with Gasteiger partial charge in [-0.3, -0.25) is 0 Å². The first-order valence-corrected chi connectivity index (χ1v) is 6.79. The van der Waals surface area contributed by atoms with Crippen molar-refractivity contribution in [3.05, 3.63) is 22.4 Å². The Morgan fingerprint density at radius 2 is 2.25 bits per heavy atom. The molecule has 1 N–H and O–H groups in total. The van der Waals surface area contributed by atoms with Gasteiger partial charge in [0.05, 0.1) is 0 Å². The highest BCUT2D eigenvalue weighted by Crippen LogP contribution is 2.24. The molecule has 0 spiro atoms. The second kappa shape index (κ2) is 6.38. The molecule has 0 bridgehead atoms. The van der Waals surface area contributed by atoms with Crippen molar-refractivity contribution in [1.82, 2.24) is 4.90 Å². The summed E-state index contributed by atoms with van der Waals surface area (Å²) in [4.78, 5) is 3.69. The quantitative estimate of drug-likeness (QED) is 0.793. The lowest BCUT2D eigenvalue weighted by molar-refractivity contribution is 0.0882. The molecule has 1 aromatic heterocycles. The normalized spacial score (nSPS) is 15.3. The fraction of sp³-hybridized carbons (Fsp3) is 0.692. The maximum atomic E-state index is 9.47. The lowest BCUT2D eigenvalue weighted by Gasteiger charge is -2.31. The molecule has 0 aliphatic carbocycles. The van der Waals surface area contributed by atoms with Crippen LogP contribution in [-0.2, 0) is 6.54 Å². The summed E-state index contributed by atoms with van der Waals surface area (Å²) in [6.45, 7) is 6.55. The van der Waals surface area contributed by atoms with E-state index in [1.54, 1.807) is 11.3 Å². The van der Waals surface area contributed by atoms with E-state index in [0.717, 1.165) is 25.9 Å². The summed E-state index contributed by atoms with van der Waals surface area (Å²) in [7, 11) is 2.13. The van der Waals surface area contributed by atoms with Gasteiger partial charge in [-0.15, -0.1) is 11.3 Å². The number of thiophene rings is 1. The Balaban J connectivity index is 2.45. The molecule has 0 radical (unpaired) electrons. The van der Waals surface area contributed by atoms with E-state index < -0.39 is 0 Å². The van der Waals surface area contributed by atoms with Crippen molar-refractivity contribution in [2.75, 3.05) is 20.2 Å². The van der Waals surface area contributed by atoms with Crippen LogP contribution >= 0.6 is 11.3 Å². The van der Waals surface area contributed by atoms with Crippen LogP contribution in [0.1, 0.15) is 31.6 Å². The van der Waals surface area contributed by atoms with Crippen LogP contribution in [-0.4, -0.2) is 30.2 Å². The topological polar surface area (TPSA) is 23.5 Å². The van der Waals surface area contributed by atoms with Gasteiger partial charge in [0.25, 0.3) is 0 Å². The Morgan fingerprint density at radius 1 is 1.50 bits per heavy atom. The monoisotopic (exact) mass is 241 g/mol. The molecule has 0 saturated heterocycles. The molecular weight excluding hydrogens is 218 g/mol. The molecule has 0 saturated carbocycles. The Labute approximate surface area is 103 Å². The molecule has 1 heterocycles. The van der Waals surface area contributed by atoms with Crippen LogP contribution in [0.15, 0.2) is 17.5 Å². The molecule has 1 atom stereocenters. The molecule has 2 nitrogen and oxygen atoms in total. The molecule has 0 aliphatic rings. The minimum Gasteiger partial charge on any atom is -0.396 e. The lowest BCUT2D eigenvalue weighted by atomic mass is 9.86. The predicted octanol–water partition coefficient (Wildman–Crippen LogP) is 2.98. The Bertz CT molecular complexity index is 286. The van der Waals surface area contributed by atoms with Crippen LogP contribution in [0.2, 0.25) is 0 Å². The smallest absolute Gasteiger partial charge is 0.0497 e. The summed E-state index contributed by atoms with van der Waals surface area (Å²) in [5.74, 6) is 0. The molecule has 1 unspecified atom stereocenters. The van der Waals surface area contributed by atoms with Gasteiger partial charge in [0.15, 0.2) is 0 Å². The first kappa shape index (κ1) is 13.7. The van der Waals surface area contributed by atoms with Crippen molar-refractivity contribution >= 4 is 11.3 Å². The van der Waals surface area contributed by atoms with Gasteiger partial charge in [-0.25, -0.2) is 0 Å². The molecule has 0 amide bonds. The third-order valence-corrected chi connectivity index (χ3v) is 3.75. The van der Waals surface area contributed by atoms with Crippen LogP contribution < -0.4 is 0 Å². The molecule has 3 heteroatoms. The van der Waals surface area contributed by atoms with E-state index in [9.17, 15) is 5.11 Å². The van der Waals surface area contributed by atoms with Crippen LogP contribution in [0.5, 0.6) is 0 Å². The van der Waals surface area contributed by atoms with Crippen molar-refractivity contribution in [1.29, 1.82) is 0 Å². The fourth-order valence-electron chi connectivity index (χ4n) is 2.19. The van der Waals surface area contributed by atoms with Crippen molar-refractivity contribution in [3.8, 4) is 0 Å². The SMILES string of the molecule is CCCC(C)(CO)CN(C)Cc1cccs1. The average Bonchev–Trinajstić information content (AvgIpc) is 2.70. The maximum Gasteiger partial charge on any atom is 0.0497 e. The van der Waals surface area contributed by atoms with Gasteiger partial charge >= 0.3 is 0 Å². The summed E-state index contributed by atoms with van der Waals surface area (Å²) < 4.78 is 0. The highest BCUT2D eigenvalue weighted by atomic mass is 32.1. The molecule has 92 valence electrons. The van der Waals surface area contributed by atoms with Crippen molar-refractivity contribution in [2.45, 2.75) is 33.2 Å². The maximum absolute atomic E-state index is 9.47. The Hall–Kier alpha value is -0.380. The standard InChI is InChI=1S/C13H23NOS/c1-4-7-13(2,11-15)10-14(3)9-12-6-5-8-16-12/h5-6,8,15H,4,7,9-11H2,1-3H3. The summed E-state index contributed by atoms with van der Waals surface area (Å²) in [5, 5.41) is 11.6. The van der Waals surface area contributed by atoms with E-state index in [1.165, 1.54) is 4.88 Å². The number of hydrogen-bond donors (Lipinski definition) is 1. The highest BCUT2D eigenvalue weighted by molar-refractivity contribution is 7.09. The number of hydrogen-bond acceptors (Lipinski definition) is 3. The van der Waals surface area contributed by atoms with Gasteiger partial charge in [0, 0.05) is 30.0 Å².